The van der Waals surface area contributed by atoms with Crippen LogP contribution in [0.1, 0.15) is 29.8 Å². The lowest BCUT2D eigenvalue weighted by atomic mass is 10.1. The maximum atomic E-state index is 13.1. The van der Waals surface area contributed by atoms with E-state index >= 15 is 0 Å². The molecule has 0 atom stereocenters. The lowest BCUT2D eigenvalue weighted by Crippen LogP contribution is -2.23. The largest absolute Gasteiger partial charge is 0.418 e. The minimum absolute atomic E-state index is 0.0597. The molecular formula is C17H17ClF3N3O. The quantitative estimate of drug-likeness (QED) is 0.817. The number of alkyl halides is 3. The van der Waals surface area contributed by atoms with E-state index in [1.807, 2.05) is 18.7 Å². The van der Waals surface area contributed by atoms with Gasteiger partial charge in [0.2, 0.25) is 0 Å². The number of hydrogen-bond donors (Lipinski definition) is 1. The molecule has 1 heterocycles. The van der Waals surface area contributed by atoms with Gasteiger partial charge < -0.3 is 10.2 Å². The van der Waals surface area contributed by atoms with Crippen LogP contribution in [0.3, 0.4) is 0 Å². The molecule has 25 heavy (non-hydrogen) atoms. The highest BCUT2D eigenvalue weighted by atomic mass is 35.5. The molecule has 4 nitrogen and oxygen atoms in total. The third kappa shape index (κ3) is 4.63. The van der Waals surface area contributed by atoms with Crippen LogP contribution in [-0.4, -0.2) is 24.0 Å². The zero-order chi connectivity index (χ0) is 18.6. The van der Waals surface area contributed by atoms with Crippen LogP contribution < -0.4 is 10.2 Å². The molecule has 0 bridgehead atoms. The molecule has 1 aromatic carbocycles. The molecule has 0 unspecified atom stereocenters. The summed E-state index contributed by atoms with van der Waals surface area (Å²) in [6.07, 6.45) is -1.71. The van der Waals surface area contributed by atoms with Gasteiger partial charge in [-0.2, -0.15) is 13.2 Å². The molecule has 0 fully saturated rings. The number of rotatable bonds is 5. The van der Waals surface area contributed by atoms with Crippen molar-refractivity contribution in [3.05, 3.63) is 52.8 Å². The number of carbonyl (C=O) groups excluding carboxylic acids is 1. The van der Waals surface area contributed by atoms with Crippen LogP contribution in [0.15, 0.2) is 36.7 Å². The van der Waals surface area contributed by atoms with Crippen molar-refractivity contribution in [2.45, 2.75) is 20.0 Å². The van der Waals surface area contributed by atoms with Crippen molar-refractivity contribution in [1.29, 1.82) is 0 Å². The van der Waals surface area contributed by atoms with Gasteiger partial charge in [-0.3, -0.25) is 9.78 Å². The van der Waals surface area contributed by atoms with E-state index in [0.29, 0.717) is 0 Å². The average molecular weight is 372 g/mol. The van der Waals surface area contributed by atoms with E-state index in [1.54, 1.807) is 12.3 Å². The molecule has 1 amide bonds. The van der Waals surface area contributed by atoms with E-state index in [0.717, 1.165) is 30.9 Å². The van der Waals surface area contributed by atoms with Crippen molar-refractivity contribution in [3.63, 3.8) is 0 Å². The summed E-state index contributed by atoms with van der Waals surface area (Å²) >= 11 is 5.64. The summed E-state index contributed by atoms with van der Waals surface area (Å²) in [5, 5.41) is 2.23. The number of halogens is 4. The summed E-state index contributed by atoms with van der Waals surface area (Å²) in [4.78, 5) is 18.3. The van der Waals surface area contributed by atoms with Crippen LogP contribution >= 0.6 is 11.6 Å². The fraction of sp³-hybridized carbons (Fsp3) is 0.294. The SMILES string of the molecule is CCN(CC)c1cncc(C(=O)Nc2ccc(Cl)cc2C(F)(F)F)c1. The third-order valence-corrected chi connectivity index (χ3v) is 3.88. The van der Waals surface area contributed by atoms with Gasteiger partial charge in [-0.25, -0.2) is 0 Å². The first-order valence-electron chi connectivity index (χ1n) is 7.64. The normalized spacial score (nSPS) is 11.3. The van der Waals surface area contributed by atoms with Crippen LogP contribution in [0, 0.1) is 0 Å². The lowest BCUT2D eigenvalue weighted by molar-refractivity contribution is -0.136. The fourth-order valence-corrected chi connectivity index (χ4v) is 2.54. The lowest BCUT2D eigenvalue weighted by Gasteiger charge is -2.21. The van der Waals surface area contributed by atoms with Gasteiger partial charge in [0.15, 0.2) is 0 Å². The first kappa shape index (κ1) is 19.1. The van der Waals surface area contributed by atoms with E-state index in [-0.39, 0.29) is 16.3 Å². The predicted molar refractivity (Wildman–Crippen MR) is 92.2 cm³/mol. The Labute approximate surface area is 148 Å². The molecule has 2 rings (SSSR count). The Hall–Kier alpha value is -2.28. The van der Waals surface area contributed by atoms with Crippen LogP contribution in [0.2, 0.25) is 5.02 Å². The molecule has 0 saturated heterocycles. The standard InChI is InChI=1S/C17H17ClF3N3O/c1-3-24(4-2)13-7-11(9-22-10-13)16(25)23-15-6-5-12(18)8-14(15)17(19,20)21/h5-10H,3-4H2,1-2H3,(H,23,25). The summed E-state index contributed by atoms with van der Waals surface area (Å²) in [7, 11) is 0. The number of nitrogens with zero attached hydrogens (tertiary/aromatic N) is 2. The van der Waals surface area contributed by atoms with Gasteiger partial charge in [0, 0.05) is 24.3 Å². The van der Waals surface area contributed by atoms with Crippen molar-refractivity contribution in [2.75, 3.05) is 23.3 Å². The Balaban J connectivity index is 2.31. The number of hydrogen-bond acceptors (Lipinski definition) is 3. The molecule has 0 aliphatic carbocycles. The van der Waals surface area contributed by atoms with E-state index in [4.69, 9.17) is 11.6 Å². The van der Waals surface area contributed by atoms with Gasteiger partial charge in [-0.05, 0) is 38.1 Å². The smallest absolute Gasteiger partial charge is 0.371 e. The van der Waals surface area contributed by atoms with Crippen LogP contribution in [-0.2, 0) is 6.18 Å². The first-order valence-corrected chi connectivity index (χ1v) is 8.02. The van der Waals surface area contributed by atoms with E-state index < -0.39 is 17.6 Å². The van der Waals surface area contributed by atoms with Crippen LogP contribution in [0.4, 0.5) is 24.5 Å². The Bertz CT molecular complexity index is 761. The molecular weight excluding hydrogens is 355 g/mol. The second kappa shape index (κ2) is 7.74. The van der Waals surface area contributed by atoms with Gasteiger partial charge in [0.05, 0.1) is 28.7 Å². The van der Waals surface area contributed by atoms with Gasteiger partial charge in [-0.15, -0.1) is 0 Å². The van der Waals surface area contributed by atoms with Gasteiger partial charge >= 0.3 is 6.18 Å². The summed E-state index contributed by atoms with van der Waals surface area (Å²) in [5.74, 6) is -0.672. The summed E-state index contributed by atoms with van der Waals surface area (Å²) < 4.78 is 39.3. The molecule has 0 spiro atoms. The average Bonchev–Trinajstić information content (AvgIpc) is 2.57. The summed E-state index contributed by atoms with van der Waals surface area (Å²) in [6.45, 7) is 5.36. The van der Waals surface area contributed by atoms with Crippen molar-refractivity contribution in [2.24, 2.45) is 0 Å². The van der Waals surface area contributed by atoms with Gasteiger partial charge in [0.25, 0.3) is 5.91 Å². The van der Waals surface area contributed by atoms with Crippen molar-refractivity contribution in [1.82, 2.24) is 4.98 Å². The number of benzene rings is 1. The van der Waals surface area contributed by atoms with Crippen molar-refractivity contribution < 1.29 is 18.0 Å². The zero-order valence-corrected chi connectivity index (χ0v) is 14.4. The number of carbonyl (C=O) groups is 1. The molecule has 0 radical (unpaired) electrons. The predicted octanol–water partition coefficient (Wildman–Crippen LogP) is 4.85. The molecule has 0 aliphatic heterocycles. The first-order chi connectivity index (χ1) is 11.8. The molecule has 1 aromatic heterocycles. The van der Waals surface area contributed by atoms with Crippen LogP contribution in [0.5, 0.6) is 0 Å². The number of pyridine rings is 1. The Morgan fingerprint density at radius 2 is 1.88 bits per heavy atom. The van der Waals surface area contributed by atoms with Crippen LogP contribution in [0.25, 0.3) is 0 Å². The maximum absolute atomic E-state index is 13.1. The minimum Gasteiger partial charge on any atom is -0.371 e. The van der Waals surface area contributed by atoms with E-state index in [9.17, 15) is 18.0 Å². The molecule has 2 aromatic rings. The number of anilines is 2. The highest BCUT2D eigenvalue weighted by molar-refractivity contribution is 6.30. The van der Waals surface area contributed by atoms with Gasteiger partial charge in [-0.1, -0.05) is 11.6 Å². The summed E-state index contributed by atoms with van der Waals surface area (Å²) in [6, 6.07) is 4.79. The van der Waals surface area contributed by atoms with E-state index in [1.165, 1.54) is 12.3 Å². The van der Waals surface area contributed by atoms with Crippen molar-refractivity contribution >= 4 is 28.9 Å². The molecule has 134 valence electrons. The number of amides is 1. The Morgan fingerprint density at radius 3 is 2.48 bits per heavy atom. The number of nitrogens with one attached hydrogen (secondary N) is 1. The molecule has 8 heteroatoms. The second-order valence-electron chi connectivity index (χ2n) is 5.25. The summed E-state index contributed by atoms with van der Waals surface area (Å²) in [5.41, 5.74) is -0.450. The highest BCUT2D eigenvalue weighted by Gasteiger charge is 2.34. The van der Waals surface area contributed by atoms with Crippen molar-refractivity contribution in [3.8, 4) is 0 Å². The molecule has 1 N–H and O–H groups in total. The third-order valence-electron chi connectivity index (χ3n) is 3.65. The fourth-order valence-electron chi connectivity index (χ4n) is 2.37. The molecule has 0 aliphatic rings. The Morgan fingerprint density at radius 1 is 1.20 bits per heavy atom. The monoisotopic (exact) mass is 371 g/mol. The zero-order valence-electron chi connectivity index (χ0n) is 13.7. The topological polar surface area (TPSA) is 45.2 Å². The number of aromatic nitrogens is 1. The molecule has 0 saturated carbocycles. The highest BCUT2D eigenvalue weighted by Crippen LogP contribution is 2.36. The van der Waals surface area contributed by atoms with E-state index in [2.05, 4.69) is 10.3 Å². The maximum Gasteiger partial charge on any atom is 0.418 e. The second-order valence-corrected chi connectivity index (χ2v) is 5.68. The van der Waals surface area contributed by atoms with Gasteiger partial charge in [0.1, 0.15) is 0 Å². The minimum atomic E-state index is -4.63. The Kier molecular flexibility index (Phi) is 5.89.